The fourth-order valence-electron chi connectivity index (χ4n) is 5.09. The lowest BCUT2D eigenvalue weighted by molar-refractivity contribution is -0.134. The number of carbonyl (C=O) groups is 3. The molecule has 0 aliphatic carbocycles. The number of hydrogen-bond donors (Lipinski definition) is 4. The Labute approximate surface area is 277 Å². The van der Waals surface area contributed by atoms with Crippen LogP contribution in [0.3, 0.4) is 0 Å². The molecule has 6 rings (SSSR count). The Balaban J connectivity index is 0.000000176. The molecular weight excluding hydrogens is 618 g/mol. The first-order valence-corrected chi connectivity index (χ1v) is 15.5. The fourth-order valence-corrected chi connectivity index (χ4v) is 6.18. The Morgan fingerprint density at radius 1 is 0.723 bits per heavy atom. The van der Waals surface area contributed by atoms with Gasteiger partial charge in [0.1, 0.15) is 17.2 Å². The Morgan fingerprint density at radius 3 is 1.74 bits per heavy atom. The van der Waals surface area contributed by atoms with Crippen molar-refractivity contribution < 1.29 is 39.5 Å². The number of ether oxygens (including phenoxy) is 1. The molecule has 0 amide bonds. The van der Waals surface area contributed by atoms with E-state index in [1.54, 1.807) is 23.8 Å². The largest absolute Gasteiger partial charge is 0.507 e. The predicted octanol–water partition coefficient (Wildman–Crippen LogP) is 6.73. The van der Waals surface area contributed by atoms with Crippen LogP contribution < -0.4 is 4.74 Å². The molecule has 2 aliphatic heterocycles. The second-order valence-electron chi connectivity index (χ2n) is 10.6. The highest BCUT2D eigenvalue weighted by Gasteiger charge is 2.24. The van der Waals surface area contributed by atoms with E-state index in [0.29, 0.717) is 17.9 Å². The maximum absolute atomic E-state index is 12.1. The van der Waals surface area contributed by atoms with Gasteiger partial charge in [-0.25, -0.2) is 9.59 Å². The van der Waals surface area contributed by atoms with Gasteiger partial charge in [-0.3, -0.25) is 4.79 Å². The average Bonchev–Trinajstić information content (AvgIpc) is 3.07. The molecule has 0 spiro atoms. The summed E-state index contributed by atoms with van der Waals surface area (Å²) in [6, 6.07) is 28.3. The van der Waals surface area contributed by atoms with Crippen molar-refractivity contribution >= 4 is 35.1 Å². The Bertz CT molecular complexity index is 1760. The van der Waals surface area contributed by atoms with E-state index in [1.807, 2.05) is 11.8 Å². The summed E-state index contributed by atoms with van der Waals surface area (Å²) >= 11 is 1.91. The van der Waals surface area contributed by atoms with Crippen molar-refractivity contribution in [2.24, 2.45) is 0 Å². The molecule has 4 N–H and O–H groups in total. The van der Waals surface area contributed by atoms with Gasteiger partial charge in [0.05, 0.1) is 18.2 Å². The SMILES string of the molecule is CN1CCC(=C2c3ccccc3Sc3ccccc32)CC1.COc1ccc(C(=O)c2ccccc2O)c(O)c1.O=C(O)C=CC(=O)O. The molecular formula is C37H35NO8S. The molecule has 0 saturated carbocycles. The molecule has 1 saturated heterocycles. The molecule has 0 radical (unpaired) electrons. The third-order valence-corrected chi connectivity index (χ3v) is 8.60. The van der Waals surface area contributed by atoms with Crippen molar-refractivity contribution in [3.63, 3.8) is 0 Å². The van der Waals surface area contributed by atoms with Gasteiger partial charge in [0.25, 0.3) is 0 Å². The van der Waals surface area contributed by atoms with Crippen LogP contribution >= 0.6 is 11.8 Å². The highest BCUT2D eigenvalue weighted by atomic mass is 32.2. The minimum absolute atomic E-state index is 0.113. The van der Waals surface area contributed by atoms with Crippen molar-refractivity contribution in [1.29, 1.82) is 0 Å². The van der Waals surface area contributed by atoms with Crippen molar-refractivity contribution in [1.82, 2.24) is 4.90 Å². The van der Waals surface area contributed by atoms with E-state index in [0.717, 1.165) is 0 Å². The minimum Gasteiger partial charge on any atom is -0.507 e. The zero-order valence-corrected chi connectivity index (χ0v) is 26.7. The van der Waals surface area contributed by atoms with Crippen LogP contribution in [0.5, 0.6) is 17.2 Å². The van der Waals surface area contributed by atoms with Crippen LogP contribution in [0.25, 0.3) is 5.57 Å². The van der Waals surface area contributed by atoms with E-state index >= 15 is 0 Å². The van der Waals surface area contributed by atoms with Crippen LogP contribution in [0.2, 0.25) is 0 Å². The molecule has 242 valence electrons. The van der Waals surface area contributed by atoms with Crippen LogP contribution in [0.15, 0.2) is 119 Å². The van der Waals surface area contributed by atoms with Crippen LogP contribution in [-0.2, 0) is 9.59 Å². The number of para-hydroxylation sites is 1. The van der Waals surface area contributed by atoms with Gasteiger partial charge in [-0.2, -0.15) is 0 Å². The van der Waals surface area contributed by atoms with Crippen molar-refractivity contribution in [3.05, 3.63) is 131 Å². The van der Waals surface area contributed by atoms with Crippen molar-refractivity contribution in [2.45, 2.75) is 22.6 Å². The topological polar surface area (TPSA) is 145 Å². The van der Waals surface area contributed by atoms with Crippen LogP contribution in [0.1, 0.15) is 39.9 Å². The summed E-state index contributed by atoms with van der Waals surface area (Å²) in [6.07, 6.45) is 3.50. The van der Waals surface area contributed by atoms with E-state index in [1.165, 1.54) is 83.8 Å². The zero-order valence-electron chi connectivity index (χ0n) is 25.9. The maximum Gasteiger partial charge on any atom is 0.328 e. The summed E-state index contributed by atoms with van der Waals surface area (Å²) in [6.45, 7) is 2.35. The number of carboxylic acids is 2. The summed E-state index contributed by atoms with van der Waals surface area (Å²) in [4.78, 5) is 36.5. The number of hydrogen-bond acceptors (Lipinski definition) is 8. The minimum atomic E-state index is -1.26. The van der Waals surface area contributed by atoms with E-state index in [4.69, 9.17) is 14.9 Å². The number of benzene rings is 4. The molecule has 1 fully saturated rings. The van der Waals surface area contributed by atoms with E-state index < -0.39 is 17.7 Å². The number of carboxylic acid groups (broad SMARTS) is 2. The van der Waals surface area contributed by atoms with Crippen LogP contribution in [0, 0.1) is 0 Å². The molecule has 47 heavy (non-hydrogen) atoms. The van der Waals surface area contributed by atoms with E-state index in [2.05, 4.69) is 60.5 Å². The quantitative estimate of drug-likeness (QED) is 0.119. The second-order valence-corrected chi connectivity index (χ2v) is 11.7. The number of piperidine rings is 1. The van der Waals surface area contributed by atoms with Gasteiger partial charge < -0.3 is 30.1 Å². The normalized spacial score (nSPS) is 13.7. The molecule has 4 aromatic carbocycles. The summed E-state index contributed by atoms with van der Waals surface area (Å²) in [5, 5.41) is 35.0. The third-order valence-electron chi connectivity index (χ3n) is 7.44. The number of ketones is 1. The van der Waals surface area contributed by atoms with Crippen LogP contribution in [-0.4, -0.2) is 70.3 Å². The Kier molecular flexibility index (Phi) is 12.0. The molecule has 2 aliphatic rings. The smallest absolute Gasteiger partial charge is 0.328 e. The maximum atomic E-state index is 12.1. The number of phenolic OH excluding ortho intramolecular Hbond substituents is 2. The van der Waals surface area contributed by atoms with E-state index in [9.17, 15) is 24.6 Å². The second kappa shape index (κ2) is 16.3. The number of aromatic hydroxyl groups is 2. The van der Waals surface area contributed by atoms with Gasteiger partial charge in [-0.05, 0) is 73.0 Å². The summed E-state index contributed by atoms with van der Waals surface area (Å²) in [5.74, 6) is -2.78. The standard InChI is InChI=1S/C19H19NS.C14H12O4.C4H4O4/c1-20-12-10-14(11-13-20)19-15-6-2-4-8-17(15)21-18-9-5-3-7-16(18)19;1-18-9-6-7-11(13(16)8-9)14(17)10-4-2-3-5-12(10)15;5-3(6)1-2-4(7)8/h2-9H,10-13H2,1H3;2-8,15-16H,1H3;1-2H,(H,5,6)(H,7,8). The number of likely N-dealkylation sites (tertiary alicyclic amines) is 1. The fraction of sp³-hybridized carbons (Fsp3) is 0.162. The third kappa shape index (κ3) is 9.12. The van der Waals surface area contributed by atoms with Gasteiger partial charge in [-0.1, -0.05) is 65.9 Å². The highest BCUT2D eigenvalue weighted by molar-refractivity contribution is 7.99. The first-order valence-electron chi connectivity index (χ1n) is 14.7. The number of nitrogens with zero attached hydrogens (tertiary/aromatic N) is 1. The molecule has 0 atom stereocenters. The van der Waals surface area contributed by atoms with Crippen molar-refractivity contribution in [3.8, 4) is 17.2 Å². The predicted molar refractivity (Wildman–Crippen MR) is 180 cm³/mol. The molecule has 9 nitrogen and oxygen atoms in total. The number of carbonyl (C=O) groups excluding carboxylic acids is 1. The molecule has 10 heteroatoms. The molecule has 0 aromatic heterocycles. The Morgan fingerprint density at radius 2 is 1.23 bits per heavy atom. The number of fused-ring (bicyclic) bond motifs is 2. The first-order chi connectivity index (χ1) is 22.6. The van der Waals surface area contributed by atoms with Gasteiger partial charge in [0, 0.05) is 41.1 Å². The van der Waals surface area contributed by atoms with Crippen molar-refractivity contribution in [2.75, 3.05) is 27.2 Å². The lowest BCUT2D eigenvalue weighted by atomic mass is 9.88. The summed E-state index contributed by atoms with van der Waals surface area (Å²) in [7, 11) is 3.69. The van der Waals surface area contributed by atoms with Gasteiger partial charge >= 0.3 is 11.9 Å². The van der Waals surface area contributed by atoms with Gasteiger partial charge in [0.15, 0.2) is 5.78 Å². The van der Waals surface area contributed by atoms with Gasteiger partial charge in [-0.15, -0.1) is 0 Å². The van der Waals surface area contributed by atoms with E-state index in [-0.39, 0.29) is 22.6 Å². The highest BCUT2D eigenvalue weighted by Crippen LogP contribution is 2.47. The lowest BCUT2D eigenvalue weighted by Gasteiger charge is -2.30. The Hall–Kier alpha value is -5.32. The first kappa shape index (κ1) is 34.6. The lowest BCUT2D eigenvalue weighted by Crippen LogP contribution is -2.27. The van der Waals surface area contributed by atoms with Crippen LogP contribution in [0.4, 0.5) is 0 Å². The number of phenols is 2. The monoisotopic (exact) mass is 653 g/mol. The number of methoxy groups -OCH3 is 1. The summed E-state index contributed by atoms with van der Waals surface area (Å²) in [5.41, 5.74) is 6.28. The molecule has 0 unspecified atom stereocenters. The summed E-state index contributed by atoms with van der Waals surface area (Å²) < 4.78 is 4.94. The molecule has 0 bridgehead atoms. The zero-order chi connectivity index (χ0) is 33.9. The molecule has 4 aromatic rings. The number of aliphatic carboxylic acids is 2. The number of rotatable bonds is 5. The molecule has 2 heterocycles. The average molecular weight is 654 g/mol. The van der Waals surface area contributed by atoms with Gasteiger partial charge in [0.2, 0.25) is 0 Å².